The molecule has 196 valence electrons. The van der Waals surface area contributed by atoms with Crippen molar-refractivity contribution in [2.45, 2.75) is 36.9 Å². The normalized spacial score (nSPS) is 16.7. The van der Waals surface area contributed by atoms with Crippen LogP contribution in [0.15, 0.2) is 59.8 Å². The fraction of sp³-hybridized carbons (Fsp3) is 0.269. The minimum atomic E-state index is -4.11. The number of rotatable bonds is 4. The van der Waals surface area contributed by atoms with E-state index in [1.807, 2.05) is 12.1 Å². The summed E-state index contributed by atoms with van der Waals surface area (Å²) in [5.41, 5.74) is 3.21. The van der Waals surface area contributed by atoms with Crippen molar-refractivity contribution in [2.24, 2.45) is 5.14 Å². The molecule has 1 spiro atoms. The molecule has 2 aliphatic rings. The van der Waals surface area contributed by atoms with Gasteiger partial charge in [0.1, 0.15) is 22.1 Å². The smallest absolute Gasteiger partial charge is 0.259 e. The lowest BCUT2D eigenvalue weighted by atomic mass is 9.83. The number of piperidine rings is 1. The van der Waals surface area contributed by atoms with E-state index < -0.39 is 21.4 Å². The lowest BCUT2D eigenvalue weighted by Gasteiger charge is -2.39. The number of carbonyl (C=O) groups is 1. The quantitative estimate of drug-likeness (QED) is 0.409. The molecule has 1 amide bonds. The van der Waals surface area contributed by atoms with Crippen LogP contribution in [0, 0.1) is 12.7 Å². The first kappa shape index (κ1) is 24.5. The van der Waals surface area contributed by atoms with Gasteiger partial charge >= 0.3 is 0 Å². The highest BCUT2D eigenvalue weighted by Crippen LogP contribution is 2.44. The van der Waals surface area contributed by atoms with Gasteiger partial charge in [0.05, 0.1) is 18.4 Å². The zero-order valence-corrected chi connectivity index (χ0v) is 21.3. The third kappa shape index (κ3) is 4.01. The molecule has 0 atom stereocenters. The van der Waals surface area contributed by atoms with Gasteiger partial charge in [-0.2, -0.15) is 9.61 Å². The zero-order chi connectivity index (χ0) is 26.7. The van der Waals surface area contributed by atoms with Gasteiger partial charge in [-0.05, 0) is 54.7 Å². The number of anilines is 2. The summed E-state index contributed by atoms with van der Waals surface area (Å²) in [5, 5.41) is 12.7. The average Bonchev–Trinajstić information content (AvgIpc) is 3.49. The number of benzene rings is 2. The summed E-state index contributed by atoms with van der Waals surface area (Å²) < 4.78 is 45.4. The van der Waals surface area contributed by atoms with E-state index in [2.05, 4.69) is 27.5 Å². The number of halogens is 1. The number of hydrogen-bond donors (Lipinski definition) is 2. The Bertz CT molecular complexity index is 1700. The van der Waals surface area contributed by atoms with Gasteiger partial charge in [-0.15, -0.1) is 0 Å². The van der Waals surface area contributed by atoms with Crippen LogP contribution in [0.25, 0.3) is 5.65 Å². The third-order valence-corrected chi connectivity index (χ3v) is 8.24. The zero-order valence-electron chi connectivity index (χ0n) is 20.5. The molecule has 10 nitrogen and oxygen atoms in total. The van der Waals surface area contributed by atoms with Gasteiger partial charge in [0, 0.05) is 25.0 Å². The Morgan fingerprint density at radius 1 is 1.16 bits per heavy atom. The minimum absolute atomic E-state index is 0.0279. The van der Waals surface area contributed by atoms with Crippen molar-refractivity contribution in [3.63, 3.8) is 0 Å². The molecule has 6 rings (SSSR count). The summed E-state index contributed by atoms with van der Waals surface area (Å²) in [6, 6.07) is 12.3. The molecule has 0 radical (unpaired) electrons. The molecule has 38 heavy (non-hydrogen) atoms. The number of fused-ring (bicyclic) bond motifs is 3. The Kier molecular flexibility index (Phi) is 5.70. The molecule has 0 unspecified atom stereocenters. The van der Waals surface area contributed by atoms with Crippen molar-refractivity contribution >= 4 is 33.1 Å². The van der Waals surface area contributed by atoms with Crippen LogP contribution in [0.4, 0.5) is 15.9 Å². The molecule has 4 aromatic rings. The second-order valence-electron chi connectivity index (χ2n) is 9.63. The summed E-state index contributed by atoms with van der Waals surface area (Å²) >= 11 is 0. The van der Waals surface area contributed by atoms with E-state index in [1.165, 1.54) is 40.0 Å². The van der Waals surface area contributed by atoms with E-state index in [4.69, 9.17) is 9.88 Å². The van der Waals surface area contributed by atoms with Crippen LogP contribution in [0.1, 0.15) is 39.9 Å². The van der Waals surface area contributed by atoms with Crippen LogP contribution in [-0.2, 0) is 27.0 Å². The van der Waals surface area contributed by atoms with Crippen LogP contribution in [0.5, 0.6) is 0 Å². The molecule has 2 aromatic carbocycles. The number of sulfonamides is 1. The molecule has 3 N–H and O–H groups in total. The predicted octanol–water partition coefficient (Wildman–Crippen LogP) is 3.23. The van der Waals surface area contributed by atoms with Crippen LogP contribution >= 0.6 is 0 Å². The van der Waals surface area contributed by atoms with E-state index >= 15 is 0 Å². The number of aryl methyl sites for hydroxylation is 1. The third-order valence-electron chi connectivity index (χ3n) is 7.34. The Hall–Kier alpha value is -3.87. The summed E-state index contributed by atoms with van der Waals surface area (Å²) in [5.74, 6) is -0.499. The molecule has 0 saturated carbocycles. The van der Waals surface area contributed by atoms with Crippen LogP contribution in [0.3, 0.4) is 0 Å². The second kappa shape index (κ2) is 8.86. The van der Waals surface area contributed by atoms with Crippen molar-refractivity contribution in [2.75, 3.05) is 18.4 Å². The molecular weight excluding hydrogens is 511 g/mol. The van der Waals surface area contributed by atoms with E-state index in [9.17, 15) is 17.6 Å². The number of nitrogens with two attached hydrogens (primary N) is 1. The standard InChI is InChI=1S/C26H25FN6O4S/c1-16-12-18(27)6-7-21(16)31-23-19(13-29-24-22(38(28,35)36)14-30-33(23)24)25(34)32-10-8-26(9-11-32)20-5-3-2-4-17(20)15-37-26/h2-7,12-14,31H,8-11,15H2,1H3,(H2,28,35,36). The first-order chi connectivity index (χ1) is 18.2. The van der Waals surface area contributed by atoms with E-state index in [0.29, 0.717) is 43.8 Å². The second-order valence-corrected chi connectivity index (χ2v) is 11.2. The van der Waals surface area contributed by atoms with E-state index in [0.717, 1.165) is 6.20 Å². The van der Waals surface area contributed by atoms with Gasteiger partial charge in [-0.3, -0.25) is 4.79 Å². The highest BCUT2D eigenvalue weighted by Gasteiger charge is 2.43. The molecule has 2 aliphatic heterocycles. The molecule has 1 saturated heterocycles. The van der Waals surface area contributed by atoms with Gasteiger partial charge in [0.15, 0.2) is 5.65 Å². The van der Waals surface area contributed by atoms with E-state index in [1.54, 1.807) is 11.8 Å². The van der Waals surface area contributed by atoms with Crippen molar-refractivity contribution < 1.29 is 22.3 Å². The number of carbonyl (C=O) groups excluding carboxylic acids is 1. The molecule has 0 bridgehead atoms. The number of nitrogens with one attached hydrogen (secondary N) is 1. The summed E-state index contributed by atoms with van der Waals surface area (Å²) in [6.07, 6.45) is 3.69. The van der Waals surface area contributed by atoms with Crippen LogP contribution in [-0.4, -0.2) is 46.9 Å². The van der Waals surface area contributed by atoms with Crippen molar-refractivity contribution in [3.05, 3.63) is 82.9 Å². The number of ether oxygens (including phenoxy) is 1. The van der Waals surface area contributed by atoms with Crippen molar-refractivity contribution in [3.8, 4) is 0 Å². The van der Waals surface area contributed by atoms with Gasteiger partial charge in [0.25, 0.3) is 5.91 Å². The highest BCUT2D eigenvalue weighted by molar-refractivity contribution is 7.89. The predicted molar refractivity (Wildman–Crippen MR) is 137 cm³/mol. The average molecular weight is 537 g/mol. The Labute approximate surface area is 218 Å². The lowest BCUT2D eigenvalue weighted by molar-refractivity contribution is -0.0741. The van der Waals surface area contributed by atoms with Gasteiger partial charge in [0.2, 0.25) is 10.0 Å². The molecule has 12 heteroatoms. The lowest BCUT2D eigenvalue weighted by Crippen LogP contribution is -2.45. The maximum atomic E-state index is 13.8. The number of likely N-dealkylation sites (tertiary alicyclic amines) is 1. The first-order valence-corrected chi connectivity index (χ1v) is 13.7. The summed E-state index contributed by atoms with van der Waals surface area (Å²) in [4.78, 5) is 19.5. The highest BCUT2D eigenvalue weighted by atomic mass is 32.2. The number of nitrogens with zero attached hydrogens (tertiary/aromatic N) is 4. The maximum Gasteiger partial charge on any atom is 0.259 e. The number of primary sulfonamides is 1. The van der Waals surface area contributed by atoms with Crippen LogP contribution in [0.2, 0.25) is 0 Å². The van der Waals surface area contributed by atoms with E-state index in [-0.39, 0.29) is 27.8 Å². The topological polar surface area (TPSA) is 132 Å². The monoisotopic (exact) mass is 536 g/mol. The fourth-order valence-electron chi connectivity index (χ4n) is 5.32. The summed E-state index contributed by atoms with van der Waals surface area (Å²) in [7, 11) is -4.11. The molecule has 0 aliphatic carbocycles. The van der Waals surface area contributed by atoms with Crippen molar-refractivity contribution in [1.29, 1.82) is 0 Å². The Morgan fingerprint density at radius 2 is 1.92 bits per heavy atom. The molecule has 2 aromatic heterocycles. The van der Waals surface area contributed by atoms with Gasteiger partial charge < -0.3 is 15.0 Å². The molecular formula is C26H25FN6O4S. The largest absolute Gasteiger partial charge is 0.365 e. The van der Waals surface area contributed by atoms with Crippen LogP contribution < -0.4 is 10.5 Å². The first-order valence-electron chi connectivity index (χ1n) is 12.1. The fourth-order valence-corrected chi connectivity index (χ4v) is 5.91. The van der Waals surface area contributed by atoms with Gasteiger partial charge in [-0.1, -0.05) is 24.3 Å². The number of aromatic nitrogens is 3. The Balaban J connectivity index is 1.36. The SMILES string of the molecule is Cc1cc(F)ccc1Nc1c(C(=O)N2CCC3(CC2)OCc2ccccc23)cnc2c(S(N)(=O)=O)cnn12. The maximum absolute atomic E-state index is 13.8. The molecule has 4 heterocycles. The van der Waals surface area contributed by atoms with Gasteiger partial charge in [-0.25, -0.2) is 22.9 Å². The number of hydrogen-bond acceptors (Lipinski definition) is 7. The number of amides is 1. The summed E-state index contributed by atoms with van der Waals surface area (Å²) in [6.45, 7) is 3.19. The Morgan fingerprint density at radius 3 is 2.66 bits per heavy atom. The minimum Gasteiger partial charge on any atom is -0.365 e. The van der Waals surface area contributed by atoms with Crippen molar-refractivity contribution in [1.82, 2.24) is 19.5 Å². The molecule has 1 fully saturated rings.